The van der Waals surface area contributed by atoms with Gasteiger partial charge in [-0.15, -0.1) is 0 Å². The molecule has 17 heavy (non-hydrogen) atoms. The summed E-state index contributed by atoms with van der Waals surface area (Å²) in [5.41, 5.74) is 0.536. The van der Waals surface area contributed by atoms with Crippen LogP contribution >= 0.6 is 0 Å². The summed E-state index contributed by atoms with van der Waals surface area (Å²) in [5, 5.41) is 5.66. The van der Waals surface area contributed by atoms with Crippen molar-refractivity contribution in [1.29, 1.82) is 0 Å². The van der Waals surface area contributed by atoms with Crippen LogP contribution < -0.4 is 10.6 Å². The fourth-order valence-corrected chi connectivity index (χ4v) is 1.52. The second-order valence-corrected chi connectivity index (χ2v) is 4.53. The fraction of sp³-hybridized carbons (Fsp3) is 0.545. The second-order valence-electron chi connectivity index (χ2n) is 4.53. The van der Waals surface area contributed by atoms with Gasteiger partial charge in [-0.3, -0.25) is 4.79 Å². The van der Waals surface area contributed by atoms with Crippen LogP contribution in [0.3, 0.4) is 0 Å². The molecule has 6 heteroatoms. The van der Waals surface area contributed by atoms with E-state index < -0.39 is 0 Å². The molecule has 1 aromatic rings. The molecule has 0 radical (unpaired) electrons. The molecular formula is C11H16N4O2. The van der Waals surface area contributed by atoms with Gasteiger partial charge in [0.2, 0.25) is 5.95 Å². The summed E-state index contributed by atoms with van der Waals surface area (Å²) in [6.07, 6.45) is 3.02. The maximum atomic E-state index is 11.8. The van der Waals surface area contributed by atoms with Crippen LogP contribution in [-0.4, -0.2) is 42.7 Å². The molecule has 0 spiro atoms. The molecular weight excluding hydrogens is 220 g/mol. The van der Waals surface area contributed by atoms with Gasteiger partial charge >= 0.3 is 0 Å². The lowest BCUT2D eigenvalue weighted by molar-refractivity contribution is -0.0978. The van der Waals surface area contributed by atoms with E-state index in [2.05, 4.69) is 27.5 Å². The van der Waals surface area contributed by atoms with Gasteiger partial charge < -0.3 is 15.4 Å². The number of aromatic nitrogens is 2. The van der Waals surface area contributed by atoms with Gasteiger partial charge in [0.05, 0.1) is 18.8 Å². The number of hydrogen-bond acceptors (Lipinski definition) is 5. The maximum Gasteiger partial charge on any atom is 0.254 e. The largest absolute Gasteiger partial charge is 0.380 e. The highest BCUT2D eigenvalue weighted by Gasteiger charge is 2.33. The molecule has 2 rings (SSSR count). The van der Waals surface area contributed by atoms with E-state index in [1.165, 1.54) is 12.4 Å². The van der Waals surface area contributed by atoms with Gasteiger partial charge in [-0.2, -0.15) is 0 Å². The van der Waals surface area contributed by atoms with Crippen molar-refractivity contribution in [2.24, 2.45) is 5.41 Å². The molecule has 0 unspecified atom stereocenters. The summed E-state index contributed by atoms with van der Waals surface area (Å²) in [6, 6.07) is 0. The Hall–Kier alpha value is -1.69. The van der Waals surface area contributed by atoms with Gasteiger partial charge in [-0.05, 0) is 0 Å². The SMILES string of the molecule is CNc1ncc(C(=O)NCC2(C)COC2)cn1. The maximum absolute atomic E-state index is 11.8. The van der Waals surface area contributed by atoms with Crippen LogP contribution in [0.1, 0.15) is 17.3 Å². The van der Waals surface area contributed by atoms with Crippen molar-refractivity contribution < 1.29 is 9.53 Å². The zero-order valence-electron chi connectivity index (χ0n) is 9.99. The summed E-state index contributed by atoms with van der Waals surface area (Å²) >= 11 is 0. The highest BCUT2D eigenvalue weighted by Crippen LogP contribution is 2.25. The third-order valence-electron chi connectivity index (χ3n) is 2.71. The van der Waals surface area contributed by atoms with Crippen LogP contribution in [0.5, 0.6) is 0 Å². The number of nitrogens with zero attached hydrogens (tertiary/aromatic N) is 2. The zero-order valence-corrected chi connectivity index (χ0v) is 9.99. The van der Waals surface area contributed by atoms with Crippen molar-refractivity contribution in [2.45, 2.75) is 6.92 Å². The van der Waals surface area contributed by atoms with Gasteiger partial charge in [-0.1, -0.05) is 6.92 Å². The quantitative estimate of drug-likeness (QED) is 0.785. The van der Waals surface area contributed by atoms with E-state index in [0.29, 0.717) is 31.3 Å². The number of carbonyl (C=O) groups is 1. The summed E-state index contributed by atoms with van der Waals surface area (Å²) in [5.74, 6) is 0.349. The Morgan fingerprint density at radius 1 is 1.47 bits per heavy atom. The minimum atomic E-state index is -0.152. The zero-order chi connectivity index (χ0) is 12.3. The van der Waals surface area contributed by atoms with Crippen LogP contribution in [0, 0.1) is 5.41 Å². The molecule has 1 amide bonds. The topological polar surface area (TPSA) is 76.1 Å². The smallest absolute Gasteiger partial charge is 0.254 e. The summed E-state index contributed by atoms with van der Waals surface area (Å²) in [7, 11) is 1.73. The van der Waals surface area contributed by atoms with Crippen LogP contribution in [0.4, 0.5) is 5.95 Å². The van der Waals surface area contributed by atoms with Crippen molar-refractivity contribution in [3.63, 3.8) is 0 Å². The Bertz CT molecular complexity index is 400. The van der Waals surface area contributed by atoms with E-state index in [-0.39, 0.29) is 11.3 Å². The van der Waals surface area contributed by atoms with Gasteiger partial charge in [-0.25, -0.2) is 9.97 Å². The lowest BCUT2D eigenvalue weighted by Gasteiger charge is -2.37. The van der Waals surface area contributed by atoms with Gasteiger partial charge in [0.1, 0.15) is 0 Å². The number of anilines is 1. The number of rotatable bonds is 4. The molecule has 0 saturated carbocycles. The Balaban J connectivity index is 1.90. The highest BCUT2D eigenvalue weighted by molar-refractivity contribution is 5.93. The second kappa shape index (κ2) is 4.67. The first-order chi connectivity index (χ1) is 8.13. The minimum Gasteiger partial charge on any atom is -0.380 e. The monoisotopic (exact) mass is 236 g/mol. The van der Waals surface area contributed by atoms with E-state index >= 15 is 0 Å². The Morgan fingerprint density at radius 3 is 2.59 bits per heavy atom. The highest BCUT2D eigenvalue weighted by atomic mass is 16.5. The standard InChI is InChI=1S/C11H16N4O2/c1-11(6-17-7-11)5-15-9(16)8-3-13-10(12-2)14-4-8/h3-4H,5-7H2,1-2H3,(H,15,16)(H,12,13,14). The first-order valence-corrected chi connectivity index (χ1v) is 5.49. The Kier molecular flexibility index (Phi) is 3.23. The average Bonchev–Trinajstić information content (AvgIpc) is 2.33. The summed E-state index contributed by atoms with van der Waals surface area (Å²) < 4.78 is 5.12. The molecule has 2 heterocycles. The summed E-state index contributed by atoms with van der Waals surface area (Å²) in [4.78, 5) is 19.8. The van der Waals surface area contributed by atoms with Crippen molar-refractivity contribution in [3.8, 4) is 0 Å². The average molecular weight is 236 g/mol. The van der Waals surface area contributed by atoms with Crippen LogP contribution in [-0.2, 0) is 4.74 Å². The predicted octanol–water partition coefficient (Wildman–Crippen LogP) is 0.285. The number of ether oxygens (including phenoxy) is 1. The van der Waals surface area contributed by atoms with Crippen LogP contribution in [0.25, 0.3) is 0 Å². The first kappa shape index (κ1) is 11.8. The molecule has 6 nitrogen and oxygen atoms in total. The van der Waals surface area contributed by atoms with Crippen molar-refractivity contribution in [1.82, 2.24) is 15.3 Å². The predicted molar refractivity (Wildman–Crippen MR) is 62.8 cm³/mol. The third-order valence-corrected chi connectivity index (χ3v) is 2.71. The molecule has 1 fully saturated rings. The van der Waals surface area contributed by atoms with E-state index in [0.717, 1.165) is 0 Å². The molecule has 1 aliphatic rings. The van der Waals surface area contributed by atoms with E-state index in [4.69, 9.17) is 4.74 Å². The van der Waals surface area contributed by atoms with Crippen molar-refractivity contribution in [2.75, 3.05) is 32.1 Å². The number of nitrogens with one attached hydrogen (secondary N) is 2. The molecule has 1 saturated heterocycles. The molecule has 0 atom stereocenters. The van der Waals surface area contributed by atoms with E-state index in [9.17, 15) is 4.79 Å². The molecule has 0 aliphatic carbocycles. The normalized spacial score (nSPS) is 17.1. The lowest BCUT2D eigenvalue weighted by Crippen LogP contribution is -2.48. The number of amides is 1. The van der Waals surface area contributed by atoms with Crippen LogP contribution in [0.15, 0.2) is 12.4 Å². The molecule has 0 aromatic carbocycles. The first-order valence-electron chi connectivity index (χ1n) is 5.49. The molecule has 92 valence electrons. The van der Waals surface area contributed by atoms with Gasteiger partial charge in [0, 0.05) is 31.4 Å². The molecule has 2 N–H and O–H groups in total. The molecule has 1 aromatic heterocycles. The van der Waals surface area contributed by atoms with Crippen LogP contribution in [0.2, 0.25) is 0 Å². The third kappa shape index (κ3) is 2.71. The van der Waals surface area contributed by atoms with Gasteiger partial charge in [0.25, 0.3) is 5.91 Å². The number of carbonyl (C=O) groups excluding carboxylic acids is 1. The molecule has 1 aliphatic heterocycles. The van der Waals surface area contributed by atoms with Gasteiger partial charge in [0.15, 0.2) is 0 Å². The van der Waals surface area contributed by atoms with Crippen molar-refractivity contribution >= 4 is 11.9 Å². The summed E-state index contributed by atoms with van der Waals surface area (Å²) in [6.45, 7) is 4.09. The Labute approximate surface area is 99.8 Å². The fourth-order valence-electron chi connectivity index (χ4n) is 1.52. The van der Waals surface area contributed by atoms with Crippen molar-refractivity contribution in [3.05, 3.63) is 18.0 Å². The number of hydrogen-bond donors (Lipinski definition) is 2. The van der Waals surface area contributed by atoms with E-state index in [1.54, 1.807) is 7.05 Å². The molecule has 0 bridgehead atoms. The lowest BCUT2D eigenvalue weighted by atomic mass is 9.89. The van der Waals surface area contributed by atoms with E-state index in [1.807, 2.05) is 0 Å². The Morgan fingerprint density at radius 2 is 2.12 bits per heavy atom. The minimum absolute atomic E-state index is 0.0709.